The number of amides is 1. The number of rotatable bonds is 5. The molecule has 1 aromatic carbocycles. The maximum atomic E-state index is 11.8. The minimum absolute atomic E-state index is 0.103. The SMILES string of the molecule is COc1ccc(NC(=O)CCc2ccco2)c(N)c1. The Hall–Kier alpha value is -2.43. The van der Waals surface area contributed by atoms with E-state index < -0.39 is 0 Å². The van der Waals surface area contributed by atoms with Gasteiger partial charge in [0, 0.05) is 18.9 Å². The van der Waals surface area contributed by atoms with E-state index in [2.05, 4.69) is 5.32 Å². The number of furan rings is 1. The summed E-state index contributed by atoms with van der Waals surface area (Å²) in [5.74, 6) is 1.34. The predicted molar refractivity (Wildman–Crippen MR) is 73.1 cm³/mol. The number of carbonyl (C=O) groups excluding carboxylic acids is 1. The number of ether oxygens (including phenoxy) is 1. The molecule has 0 aliphatic carbocycles. The van der Waals surface area contributed by atoms with Gasteiger partial charge in [0.15, 0.2) is 0 Å². The Morgan fingerprint density at radius 2 is 2.26 bits per heavy atom. The van der Waals surface area contributed by atoms with Gasteiger partial charge in [0.25, 0.3) is 0 Å². The molecule has 0 fully saturated rings. The van der Waals surface area contributed by atoms with Gasteiger partial charge in [0.05, 0.1) is 24.7 Å². The zero-order chi connectivity index (χ0) is 13.7. The molecule has 0 radical (unpaired) electrons. The molecular formula is C14H16N2O3. The first-order chi connectivity index (χ1) is 9.19. The van der Waals surface area contributed by atoms with Crippen molar-refractivity contribution in [2.75, 3.05) is 18.2 Å². The van der Waals surface area contributed by atoms with Crippen LogP contribution in [0.25, 0.3) is 0 Å². The van der Waals surface area contributed by atoms with Crippen LogP contribution in [0.15, 0.2) is 41.0 Å². The fraction of sp³-hybridized carbons (Fsp3) is 0.214. The van der Waals surface area contributed by atoms with Crippen LogP contribution >= 0.6 is 0 Å². The summed E-state index contributed by atoms with van der Waals surface area (Å²) < 4.78 is 10.2. The molecule has 0 atom stereocenters. The van der Waals surface area contributed by atoms with Crippen LogP contribution in [0, 0.1) is 0 Å². The zero-order valence-corrected chi connectivity index (χ0v) is 10.7. The number of aryl methyl sites for hydroxylation is 1. The van der Waals surface area contributed by atoms with Crippen LogP contribution in [0.1, 0.15) is 12.2 Å². The summed E-state index contributed by atoms with van der Waals surface area (Å²) in [6, 6.07) is 8.78. The first-order valence-corrected chi connectivity index (χ1v) is 5.95. The second-order valence-electron chi connectivity index (χ2n) is 4.08. The Bertz CT molecular complexity index is 550. The van der Waals surface area contributed by atoms with Crippen molar-refractivity contribution in [1.82, 2.24) is 0 Å². The Balaban J connectivity index is 1.91. The van der Waals surface area contributed by atoms with E-state index >= 15 is 0 Å². The molecule has 0 aliphatic heterocycles. The molecule has 0 spiro atoms. The average molecular weight is 260 g/mol. The minimum Gasteiger partial charge on any atom is -0.497 e. The highest BCUT2D eigenvalue weighted by Crippen LogP contribution is 2.24. The number of hydrogen-bond donors (Lipinski definition) is 2. The molecule has 0 bridgehead atoms. The quantitative estimate of drug-likeness (QED) is 0.809. The van der Waals surface area contributed by atoms with Crippen molar-refractivity contribution >= 4 is 17.3 Å². The van der Waals surface area contributed by atoms with Crippen LogP contribution in [0.2, 0.25) is 0 Å². The molecule has 3 N–H and O–H groups in total. The van der Waals surface area contributed by atoms with Crippen molar-refractivity contribution in [3.8, 4) is 5.75 Å². The van der Waals surface area contributed by atoms with Gasteiger partial charge in [-0.05, 0) is 24.3 Å². The van der Waals surface area contributed by atoms with Crippen molar-refractivity contribution in [1.29, 1.82) is 0 Å². The largest absolute Gasteiger partial charge is 0.497 e. The van der Waals surface area contributed by atoms with E-state index in [1.165, 1.54) is 0 Å². The van der Waals surface area contributed by atoms with Crippen molar-refractivity contribution < 1.29 is 13.9 Å². The first-order valence-electron chi connectivity index (χ1n) is 5.95. The van der Waals surface area contributed by atoms with Crippen LogP contribution < -0.4 is 15.8 Å². The number of nitrogens with one attached hydrogen (secondary N) is 1. The van der Waals surface area contributed by atoms with E-state index in [1.54, 1.807) is 37.6 Å². The smallest absolute Gasteiger partial charge is 0.224 e. The van der Waals surface area contributed by atoms with E-state index in [0.717, 1.165) is 5.76 Å². The van der Waals surface area contributed by atoms with E-state index in [0.29, 0.717) is 30.0 Å². The lowest BCUT2D eigenvalue weighted by Crippen LogP contribution is -2.13. The molecule has 1 aromatic heterocycles. The second-order valence-corrected chi connectivity index (χ2v) is 4.08. The molecule has 0 unspecified atom stereocenters. The van der Waals surface area contributed by atoms with E-state index in [1.807, 2.05) is 6.07 Å². The Kier molecular flexibility index (Phi) is 4.07. The molecule has 19 heavy (non-hydrogen) atoms. The summed E-state index contributed by atoms with van der Waals surface area (Å²) in [6.45, 7) is 0. The van der Waals surface area contributed by atoms with Crippen LogP contribution in [0.5, 0.6) is 5.75 Å². The molecule has 2 aromatic rings. The average Bonchev–Trinajstić information content (AvgIpc) is 2.92. The predicted octanol–water partition coefficient (Wildman–Crippen LogP) is 2.44. The van der Waals surface area contributed by atoms with Gasteiger partial charge in [0.1, 0.15) is 11.5 Å². The van der Waals surface area contributed by atoms with Gasteiger partial charge in [-0.25, -0.2) is 0 Å². The summed E-state index contributed by atoms with van der Waals surface area (Å²) in [7, 11) is 1.57. The highest BCUT2D eigenvalue weighted by molar-refractivity contribution is 5.94. The molecule has 1 heterocycles. The van der Waals surface area contributed by atoms with Crippen LogP contribution in [-0.4, -0.2) is 13.0 Å². The molecule has 100 valence electrons. The number of benzene rings is 1. The van der Waals surface area contributed by atoms with E-state index in [-0.39, 0.29) is 5.91 Å². The molecule has 0 saturated heterocycles. The summed E-state index contributed by atoms with van der Waals surface area (Å²) in [5, 5.41) is 2.76. The number of nitrogens with two attached hydrogens (primary N) is 1. The molecule has 5 heteroatoms. The number of nitrogen functional groups attached to an aromatic ring is 1. The fourth-order valence-corrected chi connectivity index (χ4v) is 1.69. The Morgan fingerprint density at radius 3 is 2.89 bits per heavy atom. The van der Waals surface area contributed by atoms with Gasteiger partial charge < -0.3 is 20.2 Å². The number of hydrogen-bond acceptors (Lipinski definition) is 4. The minimum atomic E-state index is -0.103. The third-order valence-electron chi connectivity index (χ3n) is 2.71. The first kappa shape index (κ1) is 13.0. The van der Waals surface area contributed by atoms with Gasteiger partial charge in [-0.1, -0.05) is 0 Å². The molecule has 1 amide bonds. The van der Waals surface area contributed by atoms with E-state index in [9.17, 15) is 4.79 Å². The molecule has 0 aliphatic rings. The lowest BCUT2D eigenvalue weighted by Gasteiger charge is -2.09. The maximum absolute atomic E-state index is 11.8. The van der Waals surface area contributed by atoms with Crippen molar-refractivity contribution in [3.63, 3.8) is 0 Å². The highest BCUT2D eigenvalue weighted by Gasteiger charge is 2.07. The zero-order valence-electron chi connectivity index (χ0n) is 10.7. The van der Waals surface area contributed by atoms with Gasteiger partial charge >= 0.3 is 0 Å². The van der Waals surface area contributed by atoms with Crippen LogP contribution in [-0.2, 0) is 11.2 Å². The van der Waals surface area contributed by atoms with Gasteiger partial charge in [-0.3, -0.25) is 4.79 Å². The summed E-state index contributed by atoms with van der Waals surface area (Å²) in [4.78, 5) is 11.8. The molecular weight excluding hydrogens is 244 g/mol. The van der Waals surface area contributed by atoms with Gasteiger partial charge in [-0.2, -0.15) is 0 Å². The topological polar surface area (TPSA) is 77.5 Å². The van der Waals surface area contributed by atoms with Crippen LogP contribution in [0.3, 0.4) is 0 Å². The molecule has 0 saturated carbocycles. The van der Waals surface area contributed by atoms with Gasteiger partial charge in [0.2, 0.25) is 5.91 Å². The van der Waals surface area contributed by atoms with E-state index in [4.69, 9.17) is 14.9 Å². The van der Waals surface area contributed by atoms with Crippen molar-refractivity contribution in [2.24, 2.45) is 0 Å². The summed E-state index contributed by atoms with van der Waals surface area (Å²) in [6.07, 6.45) is 2.50. The monoisotopic (exact) mass is 260 g/mol. The number of anilines is 2. The van der Waals surface area contributed by atoms with Crippen molar-refractivity contribution in [2.45, 2.75) is 12.8 Å². The third-order valence-corrected chi connectivity index (χ3v) is 2.71. The fourth-order valence-electron chi connectivity index (χ4n) is 1.69. The van der Waals surface area contributed by atoms with Gasteiger partial charge in [-0.15, -0.1) is 0 Å². The summed E-state index contributed by atoms with van der Waals surface area (Å²) in [5.41, 5.74) is 6.89. The summed E-state index contributed by atoms with van der Waals surface area (Å²) >= 11 is 0. The Morgan fingerprint density at radius 1 is 1.42 bits per heavy atom. The normalized spacial score (nSPS) is 10.2. The standard InChI is InChI=1S/C14H16N2O3/c1-18-11-4-6-13(12(15)9-11)16-14(17)7-5-10-3-2-8-19-10/h2-4,6,8-9H,5,7,15H2,1H3,(H,16,17). The lowest BCUT2D eigenvalue weighted by atomic mass is 10.2. The number of methoxy groups -OCH3 is 1. The molecule has 2 rings (SSSR count). The number of carbonyl (C=O) groups is 1. The van der Waals surface area contributed by atoms with Crippen molar-refractivity contribution in [3.05, 3.63) is 42.4 Å². The maximum Gasteiger partial charge on any atom is 0.224 e. The highest BCUT2D eigenvalue weighted by atomic mass is 16.5. The second kappa shape index (κ2) is 5.95. The molecule has 5 nitrogen and oxygen atoms in total. The third kappa shape index (κ3) is 3.51. The Labute approximate surface area is 111 Å². The van der Waals surface area contributed by atoms with Crippen LogP contribution in [0.4, 0.5) is 11.4 Å². The lowest BCUT2D eigenvalue weighted by molar-refractivity contribution is -0.116.